The zero-order chi connectivity index (χ0) is 11.3. The van der Waals surface area contributed by atoms with Crippen LogP contribution in [0.25, 0.3) is 0 Å². The Balaban J connectivity index is 3.00. The lowest BCUT2D eigenvalue weighted by atomic mass is 10.3. The van der Waals surface area contributed by atoms with E-state index in [9.17, 15) is 4.79 Å². The zero-order valence-electron chi connectivity index (χ0n) is 8.99. The number of carbonyl (C=O) groups is 1. The van der Waals surface area contributed by atoms with E-state index in [0.29, 0.717) is 17.9 Å². The Labute approximate surface area is 88.8 Å². The molecule has 0 unspecified atom stereocenters. The van der Waals surface area contributed by atoms with E-state index in [4.69, 9.17) is 14.2 Å². The molecular weight excluding hydrogens is 196 g/mol. The highest BCUT2D eigenvalue weighted by atomic mass is 16.6. The fraction of sp³-hybridized carbons (Fsp3) is 0.364. The molecule has 0 aliphatic rings. The highest BCUT2D eigenvalue weighted by molar-refractivity contribution is 5.73. The van der Waals surface area contributed by atoms with Crippen LogP contribution >= 0.6 is 0 Å². The van der Waals surface area contributed by atoms with Gasteiger partial charge in [-0.3, -0.25) is 4.79 Å². The van der Waals surface area contributed by atoms with Crippen molar-refractivity contribution in [3.05, 3.63) is 18.2 Å². The number of esters is 1. The summed E-state index contributed by atoms with van der Waals surface area (Å²) in [6.07, 6.45) is 0.300. The second-order valence-corrected chi connectivity index (χ2v) is 2.74. The smallest absolute Gasteiger partial charge is 0.311 e. The highest BCUT2D eigenvalue weighted by Gasteiger charge is 2.13. The number of hydrogen-bond donors (Lipinski definition) is 0. The first-order chi connectivity index (χ1) is 7.22. The summed E-state index contributed by atoms with van der Waals surface area (Å²) < 4.78 is 15.2. The normalized spacial score (nSPS) is 9.53. The van der Waals surface area contributed by atoms with E-state index in [2.05, 4.69) is 6.07 Å². The van der Waals surface area contributed by atoms with E-state index in [-0.39, 0.29) is 11.7 Å². The van der Waals surface area contributed by atoms with E-state index in [0.717, 1.165) is 0 Å². The van der Waals surface area contributed by atoms with Crippen LogP contribution < -0.4 is 14.2 Å². The molecular formula is C11H13O4. The third-order valence-corrected chi connectivity index (χ3v) is 1.81. The molecule has 0 aromatic heterocycles. The first-order valence-electron chi connectivity index (χ1n) is 4.56. The Bertz CT molecular complexity index is 346. The van der Waals surface area contributed by atoms with Gasteiger partial charge in [0.05, 0.1) is 14.2 Å². The van der Waals surface area contributed by atoms with E-state index in [1.807, 2.05) is 0 Å². The van der Waals surface area contributed by atoms with Gasteiger partial charge in [-0.15, -0.1) is 0 Å². The minimum atomic E-state index is -0.335. The van der Waals surface area contributed by atoms with Gasteiger partial charge in [-0.1, -0.05) is 6.92 Å². The van der Waals surface area contributed by atoms with Crippen LogP contribution in [-0.4, -0.2) is 20.2 Å². The quantitative estimate of drug-likeness (QED) is 0.560. The summed E-state index contributed by atoms with van der Waals surface area (Å²) in [7, 11) is 3.00. The van der Waals surface area contributed by atoms with Crippen LogP contribution in [-0.2, 0) is 4.79 Å². The van der Waals surface area contributed by atoms with E-state index in [1.165, 1.54) is 14.2 Å². The summed E-state index contributed by atoms with van der Waals surface area (Å²) in [4.78, 5) is 11.1. The maximum atomic E-state index is 11.1. The third kappa shape index (κ3) is 2.62. The molecule has 0 aliphatic heterocycles. The number of methoxy groups -OCH3 is 2. The molecule has 0 aliphatic carbocycles. The number of benzene rings is 1. The third-order valence-electron chi connectivity index (χ3n) is 1.81. The first-order valence-corrected chi connectivity index (χ1v) is 4.56. The monoisotopic (exact) mass is 209 g/mol. The highest BCUT2D eigenvalue weighted by Crippen LogP contribution is 2.36. The Morgan fingerprint density at radius 3 is 2.67 bits per heavy atom. The summed E-state index contributed by atoms with van der Waals surface area (Å²) in [6.45, 7) is 1.72. The van der Waals surface area contributed by atoms with Crippen LogP contribution in [0.1, 0.15) is 13.3 Å². The van der Waals surface area contributed by atoms with Gasteiger partial charge < -0.3 is 14.2 Å². The molecule has 0 bridgehead atoms. The molecule has 1 aromatic rings. The van der Waals surface area contributed by atoms with Crippen LogP contribution in [0.2, 0.25) is 0 Å². The van der Waals surface area contributed by atoms with Crippen LogP contribution in [0, 0.1) is 6.07 Å². The molecule has 0 fully saturated rings. The summed E-state index contributed by atoms with van der Waals surface area (Å²) in [5.74, 6) is 0.804. The second kappa shape index (κ2) is 5.24. The van der Waals surface area contributed by atoms with Gasteiger partial charge in [-0.2, -0.15) is 0 Å². The summed E-state index contributed by atoms with van der Waals surface area (Å²) in [6, 6.07) is 6.07. The van der Waals surface area contributed by atoms with Crippen LogP contribution in [0.5, 0.6) is 17.2 Å². The van der Waals surface area contributed by atoms with Crippen molar-refractivity contribution in [3.8, 4) is 17.2 Å². The molecule has 81 valence electrons. The van der Waals surface area contributed by atoms with Crippen molar-refractivity contribution in [2.24, 2.45) is 0 Å². The van der Waals surface area contributed by atoms with E-state index >= 15 is 0 Å². The van der Waals surface area contributed by atoms with Gasteiger partial charge in [0.2, 0.25) is 5.75 Å². The standard InChI is InChI=1S/C11H13O4/c1-4-10(12)15-9-7-5-6-8(13-2)11(9)14-3/h5-6H,4H2,1-3H3. The predicted octanol–water partition coefficient (Wildman–Crippen LogP) is 1.82. The molecule has 4 nitrogen and oxygen atoms in total. The number of carbonyl (C=O) groups excluding carboxylic acids is 1. The second-order valence-electron chi connectivity index (χ2n) is 2.74. The fourth-order valence-electron chi connectivity index (χ4n) is 1.06. The molecule has 15 heavy (non-hydrogen) atoms. The summed E-state index contributed by atoms with van der Waals surface area (Å²) >= 11 is 0. The molecule has 0 saturated heterocycles. The topological polar surface area (TPSA) is 44.8 Å². The number of hydrogen-bond acceptors (Lipinski definition) is 4. The molecule has 0 N–H and O–H groups in total. The van der Waals surface area contributed by atoms with Crippen molar-refractivity contribution in [2.45, 2.75) is 13.3 Å². The van der Waals surface area contributed by atoms with Crippen molar-refractivity contribution in [3.63, 3.8) is 0 Å². The van der Waals surface area contributed by atoms with Gasteiger partial charge in [-0.05, 0) is 12.1 Å². The Kier molecular flexibility index (Phi) is 3.97. The van der Waals surface area contributed by atoms with Crippen molar-refractivity contribution in [2.75, 3.05) is 14.2 Å². The maximum Gasteiger partial charge on any atom is 0.311 e. The molecule has 0 saturated carbocycles. The van der Waals surface area contributed by atoms with Gasteiger partial charge in [0.1, 0.15) is 0 Å². The average molecular weight is 209 g/mol. The number of rotatable bonds is 4. The van der Waals surface area contributed by atoms with Crippen LogP contribution in [0.15, 0.2) is 12.1 Å². The van der Waals surface area contributed by atoms with Gasteiger partial charge >= 0.3 is 5.97 Å². The lowest BCUT2D eigenvalue weighted by Crippen LogP contribution is -2.07. The summed E-state index contributed by atoms with van der Waals surface area (Å²) in [5, 5.41) is 0. The van der Waals surface area contributed by atoms with Gasteiger partial charge in [-0.25, -0.2) is 0 Å². The van der Waals surface area contributed by atoms with E-state index < -0.39 is 0 Å². The lowest BCUT2D eigenvalue weighted by Gasteiger charge is -2.11. The van der Waals surface area contributed by atoms with Crippen LogP contribution in [0.4, 0.5) is 0 Å². The van der Waals surface area contributed by atoms with Crippen molar-refractivity contribution < 1.29 is 19.0 Å². The van der Waals surface area contributed by atoms with Gasteiger partial charge in [0, 0.05) is 12.5 Å². The lowest BCUT2D eigenvalue weighted by molar-refractivity contribution is -0.134. The molecule has 0 spiro atoms. The Morgan fingerprint density at radius 2 is 2.13 bits per heavy atom. The minimum Gasteiger partial charge on any atom is -0.493 e. The number of ether oxygens (including phenoxy) is 3. The minimum absolute atomic E-state index is 0.253. The fourth-order valence-corrected chi connectivity index (χ4v) is 1.06. The molecule has 1 aromatic carbocycles. The molecule has 1 radical (unpaired) electrons. The summed E-state index contributed by atoms with van der Waals surface area (Å²) in [5.41, 5.74) is 0. The molecule has 0 heterocycles. The van der Waals surface area contributed by atoms with Crippen LogP contribution in [0.3, 0.4) is 0 Å². The van der Waals surface area contributed by atoms with Crippen molar-refractivity contribution in [1.82, 2.24) is 0 Å². The Morgan fingerprint density at radius 1 is 1.40 bits per heavy atom. The Hall–Kier alpha value is -1.71. The van der Waals surface area contributed by atoms with Crippen molar-refractivity contribution >= 4 is 5.97 Å². The van der Waals surface area contributed by atoms with Gasteiger partial charge in [0.15, 0.2) is 11.5 Å². The molecule has 1 rings (SSSR count). The predicted molar refractivity (Wildman–Crippen MR) is 54.3 cm³/mol. The van der Waals surface area contributed by atoms with E-state index in [1.54, 1.807) is 19.1 Å². The maximum absolute atomic E-state index is 11.1. The largest absolute Gasteiger partial charge is 0.493 e. The molecule has 4 heteroatoms. The molecule has 0 atom stereocenters. The molecule has 0 amide bonds. The SMILES string of the molecule is CCC(=O)Oc1[c]ccc(OC)c1OC. The first kappa shape index (κ1) is 11.4. The average Bonchev–Trinajstić information content (AvgIpc) is 2.28. The zero-order valence-corrected chi connectivity index (χ0v) is 8.99. The van der Waals surface area contributed by atoms with Gasteiger partial charge in [0.25, 0.3) is 0 Å². The van der Waals surface area contributed by atoms with Crippen molar-refractivity contribution in [1.29, 1.82) is 0 Å².